The van der Waals surface area contributed by atoms with Crippen LogP contribution in [0, 0.1) is 5.92 Å². The van der Waals surface area contributed by atoms with Crippen LogP contribution < -0.4 is 11.1 Å². The Morgan fingerprint density at radius 3 is 2.42 bits per heavy atom. The predicted molar refractivity (Wildman–Crippen MR) is 100 cm³/mol. The van der Waals surface area contributed by atoms with Gasteiger partial charge in [-0.2, -0.15) is 0 Å². The fourth-order valence-electron chi connectivity index (χ4n) is 2.14. The molecule has 1 rings (SSSR count). The molecule has 0 saturated heterocycles. The van der Waals surface area contributed by atoms with Crippen molar-refractivity contribution in [2.24, 2.45) is 11.7 Å². The van der Waals surface area contributed by atoms with E-state index in [4.69, 9.17) is 5.73 Å². The Labute approximate surface area is 151 Å². The summed E-state index contributed by atoms with van der Waals surface area (Å²) in [6, 6.07) is 9.66. The maximum atomic E-state index is 12.0. The van der Waals surface area contributed by atoms with Crippen molar-refractivity contribution >= 4 is 24.2 Å². The van der Waals surface area contributed by atoms with Gasteiger partial charge in [0.1, 0.15) is 0 Å². The van der Waals surface area contributed by atoms with Crippen LogP contribution in [-0.2, 0) is 16.0 Å². The molecule has 1 aromatic rings. The van der Waals surface area contributed by atoms with Crippen molar-refractivity contribution in [2.75, 3.05) is 20.1 Å². The van der Waals surface area contributed by atoms with E-state index in [1.807, 2.05) is 30.3 Å². The number of halogens is 1. The number of amides is 2. The number of carbonyl (C=O) groups excluding carboxylic acids is 2. The molecule has 0 aliphatic heterocycles. The first-order chi connectivity index (χ1) is 10.9. The highest BCUT2D eigenvalue weighted by atomic mass is 35.5. The van der Waals surface area contributed by atoms with Crippen LogP contribution in [0.15, 0.2) is 30.3 Å². The van der Waals surface area contributed by atoms with Crippen LogP contribution in [0.5, 0.6) is 0 Å². The van der Waals surface area contributed by atoms with Crippen molar-refractivity contribution in [3.8, 4) is 0 Å². The highest BCUT2D eigenvalue weighted by Gasteiger charge is 2.13. The maximum absolute atomic E-state index is 12.0. The minimum absolute atomic E-state index is 0. The lowest BCUT2D eigenvalue weighted by Crippen LogP contribution is -2.36. The standard InChI is InChI=1S/C18H29N3O2.ClH/c1-14(2)16(19)10-12-21(3)18(23)9-11-20-17(22)13-15-7-5-4-6-8-15;/h4-8,14,16H,9-13,19H2,1-3H3,(H,20,22);1H. The van der Waals surface area contributed by atoms with Gasteiger partial charge in [-0.05, 0) is 17.9 Å². The fraction of sp³-hybridized carbons (Fsp3) is 0.556. The second kappa shape index (κ2) is 11.9. The van der Waals surface area contributed by atoms with Crippen molar-refractivity contribution in [1.82, 2.24) is 10.2 Å². The zero-order chi connectivity index (χ0) is 17.2. The van der Waals surface area contributed by atoms with Gasteiger partial charge in [-0.3, -0.25) is 9.59 Å². The number of hydrogen-bond donors (Lipinski definition) is 2. The molecule has 1 atom stereocenters. The molecule has 6 heteroatoms. The van der Waals surface area contributed by atoms with Crippen LogP contribution in [-0.4, -0.2) is 42.9 Å². The average molecular weight is 356 g/mol. The van der Waals surface area contributed by atoms with Gasteiger partial charge in [0.15, 0.2) is 0 Å². The van der Waals surface area contributed by atoms with Crippen LogP contribution in [0.4, 0.5) is 0 Å². The molecule has 1 unspecified atom stereocenters. The summed E-state index contributed by atoms with van der Waals surface area (Å²) in [5, 5.41) is 2.79. The molecule has 0 heterocycles. The quantitative estimate of drug-likeness (QED) is 0.711. The van der Waals surface area contributed by atoms with Crippen molar-refractivity contribution in [3.05, 3.63) is 35.9 Å². The van der Waals surface area contributed by atoms with Gasteiger partial charge in [0.2, 0.25) is 11.8 Å². The van der Waals surface area contributed by atoms with E-state index in [9.17, 15) is 9.59 Å². The Balaban J connectivity index is 0.00000529. The van der Waals surface area contributed by atoms with Crippen molar-refractivity contribution in [2.45, 2.75) is 39.2 Å². The first-order valence-electron chi connectivity index (χ1n) is 8.20. The molecule has 0 aliphatic rings. The SMILES string of the molecule is CC(C)C(N)CCN(C)C(=O)CCNC(=O)Cc1ccccc1.Cl. The summed E-state index contributed by atoms with van der Waals surface area (Å²) in [4.78, 5) is 25.5. The van der Waals surface area contributed by atoms with E-state index in [2.05, 4.69) is 19.2 Å². The monoisotopic (exact) mass is 355 g/mol. The third-order valence-electron chi connectivity index (χ3n) is 3.95. The van der Waals surface area contributed by atoms with Crippen LogP contribution in [0.3, 0.4) is 0 Å². The Bertz CT molecular complexity index is 494. The third kappa shape index (κ3) is 8.89. The minimum Gasteiger partial charge on any atom is -0.355 e. The first kappa shape index (κ1) is 22.4. The van der Waals surface area contributed by atoms with Gasteiger partial charge >= 0.3 is 0 Å². The van der Waals surface area contributed by atoms with Gasteiger partial charge in [0.05, 0.1) is 6.42 Å². The Morgan fingerprint density at radius 2 is 1.83 bits per heavy atom. The third-order valence-corrected chi connectivity index (χ3v) is 3.95. The van der Waals surface area contributed by atoms with E-state index in [1.54, 1.807) is 11.9 Å². The lowest BCUT2D eigenvalue weighted by atomic mass is 10.0. The van der Waals surface area contributed by atoms with Gasteiger partial charge in [-0.15, -0.1) is 12.4 Å². The predicted octanol–water partition coefficient (Wildman–Crippen LogP) is 1.99. The topological polar surface area (TPSA) is 75.4 Å². The highest BCUT2D eigenvalue weighted by Crippen LogP contribution is 2.04. The minimum atomic E-state index is -0.0616. The number of rotatable bonds is 9. The lowest BCUT2D eigenvalue weighted by molar-refractivity contribution is -0.130. The van der Waals surface area contributed by atoms with Gasteiger partial charge in [0.25, 0.3) is 0 Å². The summed E-state index contributed by atoms with van der Waals surface area (Å²) < 4.78 is 0. The van der Waals surface area contributed by atoms with Crippen molar-refractivity contribution < 1.29 is 9.59 Å². The number of nitrogens with zero attached hydrogens (tertiary/aromatic N) is 1. The molecular formula is C18H30ClN3O2. The summed E-state index contributed by atoms with van der Waals surface area (Å²) in [5.74, 6) is 0.380. The molecular weight excluding hydrogens is 326 g/mol. The van der Waals surface area contributed by atoms with Crippen LogP contribution in [0.2, 0.25) is 0 Å². The Kier molecular flexibility index (Phi) is 11.1. The Morgan fingerprint density at radius 1 is 1.21 bits per heavy atom. The molecule has 3 N–H and O–H groups in total. The smallest absolute Gasteiger partial charge is 0.224 e. The van der Waals surface area contributed by atoms with E-state index in [-0.39, 0.29) is 30.3 Å². The summed E-state index contributed by atoms with van der Waals surface area (Å²) in [5.41, 5.74) is 6.95. The van der Waals surface area contributed by atoms with E-state index < -0.39 is 0 Å². The molecule has 2 amide bonds. The fourth-order valence-corrected chi connectivity index (χ4v) is 2.14. The van der Waals surface area contributed by atoms with Gasteiger partial charge in [0, 0.05) is 32.6 Å². The summed E-state index contributed by atoms with van der Waals surface area (Å²) in [7, 11) is 1.78. The largest absolute Gasteiger partial charge is 0.355 e. The van der Waals surface area contributed by atoms with E-state index in [0.717, 1.165) is 12.0 Å². The molecule has 0 aromatic heterocycles. The first-order valence-corrected chi connectivity index (χ1v) is 8.20. The summed E-state index contributed by atoms with van der Waals surface area (Å²) in [6.45, 7) is 5.17. The molecule has 0 fully saturated rings. The number of hydrogen-bond acceptors (Lipinski definition) is 3. The van der Waals surface area contributed by atoms with Gasteiger partial charge < -0.3 is 16.0 Å². The second-order valence-electron chi connectivity index (χ2n) is 6.27. The summed E-state index contributed by atoms with van der Waals surface area (Å²) >= 11 is 0. The average Bonchev–Trinajstić information content (AvgIpc) is 2.52. The van der Waals surface area contributed by atoms with E-state index in [1.165, 1.54) is 0 Å². The molecule has 0 spiro atoms. The van der Waals surface area contributed by atoms with Crippen LogP contribution in [0.25, 0.3) is 0 Å². The van der Waals surface area contributed by atoms with Crippen molar-refractivity contribution in [3.63, 3.8) is 0 Å². The Hall–Kier alpha value is -1.59. The summed E-state index contributed by atoms with van der Waals surface area (Å²) in [6.07, 6.45) is 1.45. The van der Waals surface area contributed by atoms with E-state index in [0.29, 0.717) is 31.8 Å². The maximum Gasteiger partial charge on any atom is 0.224 e. The molecule has 1 aromatic carbocycles. The van der Waals surface area contributed by atoms with E-state index >= 15 is 0 Å². The normalized spacial score (nSPS) is 11.5. The highest BCUT2D eigenvalue weighted by molar-refractivity contribution is 5.85. The molecule has 24 heavy (non-hydrogen) atoms. The molecule has 0 bridgehead atoms. The van der Waals surface area contributed by atoms with Crippen LogP contribution in [0.1, 0.15) is 32.3 Å². The zero-order valence-electron chi connectivity index (χ0n) is 14.8. The number of nitrogens with two attached hydrogens (primary N) is 1. The molecule has 5 nitrogen and oxygen atoms in total. The van der Waals surface area contributed by atoms with Gasteiger partial charge in [-0.1, -0.05) is 44.2 Å². The lowest BCUT2D eigenvalue weighted by Gasteiger charge is -2.21. The number of benzene rings is 1. The zero-order valence-corrected chi connectivity index (χ0v) is 15.6. The second-order valence-corrected chi connectivity index (χ2v) is 6.27. The molecule has 0 aliphatic carbocycles. The van der Waals surface area contributed by atoms with Crippen LogP contribution >= 0.6 is 12.4 Å². The molecule has 136 valence electrons. The van der Waals surface area contributed by atoms with Crippen molar-refractivity contribution in [1.29, 1.82) is 0 Å². The number of nitrogens with one attached hydrogen (secondary N) is 1. The molecule has 0 radical (unpaired) electrons. The van der Waals surface area contributed by atoms with Gasteiger partial charge in [-0.25, -0.2) is 0 Å². The molecule has 0 saturated carbocycles. The number of carbonyl (C=O) groups is 2.